The smallest absolute Gasteiger partial charge is 0.119 e. The van der Waals surface area contributed by atoms with Gasteiger partial charge in [-0.05, 0) is 43.0 Å². The number of hydrogen-bond donors (Lipinski definition) is 1. The topological polar surface area (TPSA) is 29.5 Å². The summed E-state index contributed by atoms with van der Waals surface area (Å²) in [5.74, 6) is 1.10. The Morgan fingerprint density at radius 1 is 1.24 bits per heavy atom. The van der Waals surface area contributed by atoms with Gasteiger partial charge in [0.25, 0.3) is 0 Å². The van der Waals surface area contributed by atoms with E-state index in [1.54, 1.807) is 0 Å². The maximum absolute atomic E-state index is 9.24. The second kappa shape index (κ2) is 7.33. The first-order chi connectivity index (χ1) is 8.21. The highest BCUT2D eigenvalue weighted by Gasteiger charge is 2.08. The molecule has 0 aliphatic carbocycles. The van der Waals surface area contributed by atoms with E-state index in [0.29, 0.717) is 6.61 Å². The van der Waals surface area contributed by atoms with Crippen LogP contribution in [-0.4, -0.2) is 18.3 Å². The molecule has 96 valence electrons. The van der Waals surface area contributed by atoms with Crippen molar-refractivity contribution in [3.63, 3.8) is 0 Å². The molecule has 0 aliphatic heterocycles. The Labute approximate surface area is 105 Å². The first-order valence-corrected chi connectivity index (χ1v) is 6.58. The minimum absolute atomic E-state index is 0.177. The maximum Gasteiger partial charge on any atom is 0.119 e. The van der Waals surface area contributed by atoms with Crippen LogP contribution in [0.1, 0.15) is 50.7 Å². The maximum atomic E-state index is 9.24. The summed E-state index contributed by atoms with van der Waals surface area (Å²) >= 11 is 0. The Morgan fingerprint density at radius 2 is 2.00 bits per heavy atom. The van der Waals surface area contributed by atoms with Crippen molar-refractivity contribution in [2.45, 2.75) is 46.0 Å². The van der Waals surface area contributed by atoms with E-state index >= 15 is 0 Å². The van der Waals surface area contributed by atoms with Crippen LogP contribution in [-0.2, 0) is 6.42 Å². The minimum atomic E-state index is 0.177. The molecule has 1 aromatic rings. The van der Waals surface area contributed by atoms with Crippen molar-refractivity contribution in [3.05, 3.63) is 29.3 Å². The fraction of sp³-hybridized carbons (Fsp3) is 0.600. The first kappa shape index (κ1) is 14.0. The second-order valence-electron chi connectivity index (χ2n) is 4.53. The molecule has 0 saturated carbocycles. The molecule has 0 bridgehead atoms. The Hall–Kier alpha value is -1.02. The molecule has 1 rings (SSSR count). The van der Waals surface area contributed by atoms with E-state index < -0.39 is 0 Å². The fourth-order valence-corrected chi connectivity index (χ4v) is 1.85. The molecule has 2 heteroatoms. The third kappa shape index (κ3) is 4.39. The zero-order valence-corrected chi connectivity index (χ0v) is 11.2. The van der Waals surface area contributed by atoms with Gasteiger partial charge in [0.2, 0.25) is 0 Å². The van der Waals surface area contributed by atoms with Crippen LogP contribution in [0.3, 0.4) is 0 Å². The van der Waals surface area contributed by atoms with Gasteiger partial charge in [-0.15, -0.1) is 0 Å². The van der Waals surface area contributed by atoms with Gasteiger partial charge in [-0.3, -0.25) is 0 Å². The van der Waals surface area contributed by atoms with Crippen molar-refractivity contribution in [1.29, 1.82) is 0 Å². The molecule has 0 heterocycles. The average molecular weight is 236 g/mol. The number of rotatable bonds is 7. The first-order valence-electron chi connectivity index (χ1n) is 6.58. The highest BCUT2D eigenvalue weighted by atomic mass is 16.5. The second-order valence-corrected chi connectivity index (χ2v) is 4.53. The van der Waals surface area contributed by atoms with Crippen LogP contribution < -0.4 is 4.74 Å². The van der Waals surface area contributed by atoms with E-state index in [-0.39, 0.29) is 12.5 Å². The lowest BCUT2D eigenvalue weighted by Gasteiger charge is -2.13. The SMILES string of the molecule is CCCCc1cc(OCC)cc(C(C)CO)c1. The third-order valence-corrected chi connectivity index (χ3v) is 2.96. The summed E-state index contributed by atoms with van der Waals surface area (Å²) in [5.41, 5.74) is 2.48. The summed E-state index contributed by atoms with van der Waals surface area (Å²) in [5, 5.41) is 9.24. The zero-order chi connectivity index (χ0) is 12.7. The van der Waals surface area contributed by atoms with Crippen molar-refractivity contribution < 1.29 is 9.84 Å². The molecule has 0 spiro atoms. The van der Waals surface area contributed by atoms with Crippen molar-refractivity contribution in [3.8, 4) is 5.75 Å². The van der Waals surface area contributed by atoms with Gasteiger partial charge >= 0.3 is 0 Å². The summed E-state index contributed by atoms with van der Waals surface area (Å²) in [4.78, 5) is 0. The molecule has 0 aromatic heterocycles. The van der Waals surface area contributed by atoms with Gasteiger partial charge in [-0.2, -0.15) is 0 Å². The summed E-state index contributed by atoms with van der Waals surface area (Å²) in [6.07, 6.45) is 3.48. The summed E-state index contributed by atoms with van der Waals surface area (Å²) in [6.45, 7) is 7.10. The molecule has 17 heavy (non-hydrogen) atoms. The van der Waals surface area contributed by atoms with E-state index in [1.807, 2.05) is 19.9 Å². The van der Waals surface area contributed by atoms with Gasteiger partial charge in [0.05, 0.1) is 6.61 Å². The number of aryl methyl sites for hydroxylation is 1. The molecular formula is C15H24O2. The standard InChI is InChI=1S/C15H24O2/c1-4-6-7-13-8-14(12(3)11-16)10-15(9-13)17-5-2/h8-10,12,16H,4-7,11H2,1-3H3. The number of benzene rings is 1. The van der Waals surface area contributed by atoms with Gasteiger partial charge in [0.1, 0.15) is 5.75 Å². The Morgan fingerprint density at radius 3 is 2.59 bits per heavy atom. The van der Waals surface area contributed by atoms with E-state index in [4.69, 9.17) is 4.74 Å². The van der Waals surface area contributed by atoms with Crippen LogP contribution in [0, 0.1) is 0 Å². The quantitative estimate of drug-likeness (QED) is 0.785. The summed E-state index contributed by atoms with van der Waals surface area (Å²) in [6, 6.07) is 6.35. The zero-order valence-electron chi connectivity index (χ0n) is 11.2. The Bertz CT molecular complexity index is 334. The summed E-state index contributed by atoms with van der Waals surface area (Å²) in [7, 11) is 0. The average Bonchev–Trinajstić information content (AvgIpc) is 2.35. The van der Waals surface area contributed by atoms with Crippen LogP contribution in [0.5, 0.6) is 5.75 Å². The lowest BCUT2D eigenvalue weighted by molar-refractivity contribution is 0.272. The van der Waals surface area contributed by atoms with Gasteiger partial charge in [0, 0.05) is 12.5 Å². The van der Waals surface area contributed by atoms with Crippen LogP contribution in [0.4, 0.5) is 0 Å². The minimum Gasteiger partial charge on any atom is -0.494 e. The lowest BCUT2D eigenvalue weighted by atomic mass is 9.97. The van der Waals surface area contributed by atoms with Crippen molar-refractivity contribution in [2.75, 3.05) is 13.2 Å². The molecule has 0 amide bonds. The van der Waals surface area contributed by atoms with Crippen LogP contribution in [0.25, 0.3) is 0 Å². The number of aliphatic hydroxyl groups is 1. The molecule has 1 atom stereocenters. The highest BCUT2D eigenvalue weighted by Crippen LogP contribution is 2.24. The van der Waals surface area contributed by atoms with Crippen molar-refractivity contribution in [1.82, 2.24) is 0 Å². The number of ether oxygens (including phenoxy) is 1. The highest BCUT2D eigenvalue weighted by molar-refractivity contribution is 5.36. The van der Waals surface area contributed by atoms with Gasteiger partial charge in [-0.25, -0.2) is 0 Å². The molecule has 0 saturated heterocycles. The largest absolute Gasteiger partial charge is 0.494 e. The molecule has 1 aromatic carbocycles. The van der Waals surface area contributed by atoms with Gasteiger partial charge < -0.3 is 9.84 Å². The fourth-order valence-electron chi connectivity index (χ4n) is 1.85. The van der Waals surface area contributed by atoms with Crippen LogP contribution >= 0.6 is 0 Å². The Balaban J connectivity index is 2.91. The summed E-state index contributed by atoms with van der Waals surface area (Å²) < 4.78 is 5.58. The van der Waals surface area contributed by atoms with Crippen molar-refractivity contribution >= 4 is 0 Å². The third-order valence-electron chi connectivity index (χ3n) is 2.96. The predicted molar refractivity (Wildman–Crippen MR) is 71.7 cm³/mol. The molecule has 0 radical (unpaired) electrons. The normalized spacial score (nSPS) is 12.5. The van der Waals surface area contributed by atoms with Crippen LogP contribution in [0.2, 0.25) is 0 Å². The predicted octanol–water partition coefficient (Wildman–Crippen LogP) is 3.52. The van der Waals surface area contributed by atoms with E-state index in [0.717, 1.165) is 12.2 Å². The lowest BCUT2D eigenvalue weighted by Crippen LogP contribution is -2.02. The number of aliphatic hydroxyl groups excluding tert-OH is 1. The number of unbranched alkanes of at least 4 members (excludes halogenated alkanes) is 1. The van der Waals surface area contributed by atoms with E-state index in [9.17, 15) is 5.11 Å². The van der Waals surface area contributed by atoms with Crippen LogP contribution in [0.15, 0.2) is 18.2 Å². The van der Waals surface area contributed by atoms with E-state index in [2.05, 4.69) is 19.1 Å². The molecule has 2 nitrogen and oxygen atoms in total. The Kier molecular flexibility index (Phi) is 6.06. The molecular weight excluding hydrogens is 212 g/mol. The van der Waals surface area contributed by atoms with E-state index in [1.165, 1.54) is 24.0 Å². The number of hydrogen-bond acceptors (Lipinski definition) is 2. The van der Waals surface area contributed by atoms with Gasteiger partial charge in [0.15, 0.2) is 0 Å². The molecule has 1 unspecified atom stereocenters. The monoisotopic (exact) mass is 236 g/mol. The molecule has 0 fully saturated rings. The van der Waals surface area contributed by atoms with Gasteiger partial charge in [-0.1, -0.05) is 26.3 Å². The molecule has 0 aliphatic rings. The molecule has 1 N–H and O–H groups in total. The van der Waals surface area contributed by atoms with Crippen molar-refractivity contribution in [2.24, 2.45) is 0 Å².